The van der Waals surface area contributed by atoms with Gasteiger partial charge in [-0.2, -0.15) is 10.4 Å². The zero-order chi connectivity index (χ0) is 27.4. The lowest BCUT2D eigenvalue weighted by atomic mass is 10.1. The molecule has 0 aliphatic rings. The van der Waals surface area contributed by atoms with Crippen molar-refractivity contribution in [2.75, 3.05) is 13.2 Å². The van der Waals surface area contributed by atoms with E-state index in [1.54, 1.807) is 24.3 Å². The Morgan fingerprint density at radius 1 is 1.24 bits per heavy atom. The van der Waals surface area contributed by atoms with Crippen molar-refractivity contribution in [3.63, 3.8) is 0 Å². The van der Waals surface area contributed by atoms with E-state index in [0.29, 0.717) is 27.9 Å². The molecule has 0 aliphatic carbocycles. The standard InChI is InChI=1S/C25H21F4N5O4/c26-22(27)12-38-21-8-20-19(7-14(21)10-30)31-23(32-20)9-18-16-3-1-2-4-17(16)24(37)34(33-18)11-15(36)5-6-25(28,29)13-35/h1-4,7-8,22,35H,5-6,9,11-13H2,(H,31,32). The Balaban J connectivity index is 1.66. The largest absolute Gasteiger partial charge is 0.486 e. The molecule has 0 bridgehead atoms. The molecule has 2 heterocycles. The molecule has 13 heteroatoms. The quantitative estimate of drug-likeness (QED) is 0.284. The third-order valence-corrected chi connectivity index (χ3v) is 5.72. The van der Waals surface area contributed by atoms with Crippen molar-refractivity contribution in [1.29, 1.82) is 5.26 Å². The number of carbonyl (C=O) groups excluding carboxylic acids is 1. The van der Waals surface area contributed by atoms with Crippen molar-refractivity contribution in [1.82, 2.24) is 19.7 Å². The van der Waals surface area contributed by atoms with E-state index in [9.17, 15) is 32.4 Å². The molecular formula is C25H21F4N5O4. The third kappa shape index (κ3) is 5.97. The number of hydrogen-bond acceptors (Lipinski definition) is 7. The highest BCUT2D eigenvalue weighted by molar-refractivity contribution is 5.85. The number of halogens is 4. The summed E-state index contributed by atoms with van der Waals surface area (Å²) in [5.41, 5.74) is 0.619. The summed E-state index contributed by atoms with van der Waals surface area (Å²) in [6.07, 6.45) is -4.07. The molecule has 0 amide bonds. The van der Waals surface area contributed by atoms with Crippen molar-refractivity contribution in [2.24, 2.45) is 0 Å². The maximum Gasteiger partial charge on any atom is 0.275 e. The van der Waals surface area contributed by atoms with Crippen molar-refractivity contribution >= 4 is 27.6 Å². The summed E-state index contributed by atoms with van der Waals surface area (Å²) in [5, 5.41) is 23.1. The predicted molar refractivity (Wildman–Crippen MR) is 127 cm³/mol. The number of fused-ring (bicyclic) bond motifs is 2. The Morgan fingerprint density at radius 3 is 2.66 bits per heavy atom. The van der Waals surface area contributed by atoms with Crippen LogP contribution in [0, 0.1) is 11.3 Å². The van der Waals surface area contributed by atoms with Gasteiger partial charge < -0.3 is 14.8 Å². The molecule has 9 nitrogen and oxygen atoms in total. The first-order valence-electron chi connectivity index (χ1n) is 11.4. The van der Waals surface area contributed by atoms with Crippen molar-refractivity contribution in [3.05, 3.63) is 63.8 Å². The Bertz CT molecular complexity index is 1590. The lowest BCUT2D eigenvalue weighted by Crippen LogP contribution is -2.29. The van der Waals surface area contributed by atoms with Crippen molar-refractivity contribution in [2.45, 2.75) is 38.2 Å². The van der Waals surface area contributed by atoms with E-state index in [-0.39, 0.29) is 23.1 Å². The molecule has 198 valence electrons. The Morgan fingerprint density at radius 2 is 1.97 bits per heavy atom. The van der Waals surface area contributed by atoms with Crippen LogP contribution in [0.1, 0.15) is 29.9 Å². The van der Waals surface area contributed by atoms with E-state index in [1.165, 1.54) is 12.1 Å². The van der Waals surface area contributed by atoms with Crippen LogP contribution in [0.25, 0.3) is 21.8 Å². The van der Waals surface area contributed by atoms with E-state index >= 15 is 0 Å². The zero-order valence-corrected chi connectivity index (χ0v) is 19.8. The molecule has 0 fully saturated rings. The molecule has 0 saturated heterocycles. The van der Waals surface area contributed by atoms with Gasteiger partial charge in [0.05, 0.1) is 34.1 Å². The van der Waals surface area contributed by atoms with Gasteiger partial charge in [-0.25, -0.2) is 27.2 Å². The second-order valence-electron chi connectivity index (χ2n) is 8.55. The molecule has 2 N–H and O–H groups in total. The molecule has 0 unspecified atom stereocenters. The highest BCUT2D eigenvalue weighted by Crippen LogP contribution is 2.26. The number of ketones is 1. The molecule has 0 radical (unpaired) electrons. The molecule has 4 aromatic rings. The normalized spacial score (nSPS) is 11.8. The second kappa shape index (κ2) is 11.0. The fraction of sp³-hybridized carbons (Fsp3) is 0.320. The van der Waals surface area contributed by atoms with Crippen LogP contribution < -0.4 is 10.3 Å². The monoisotopic (exact) mass is 531 g/mol. The first kappa shape index (κ1) is 26.7. The topological polar surface area (TPSA) is 134 Å². The highest BCUT2D eigenvalue weighted by atomic mass is 19.3. The number of nitrogens with one attached hydrogen (secondary N) is 1. The summed E-state index contributed by atoms with van der Waals surface area (Å²) in [7, 11) is 0. The van der Waals surface area contributed by atoms with Crippen LogP contribution in [0.2, 0.25) is 0 Å². The van der Waals surface area contributed by atoms with Crippen LogP contribution in [0.15, 0.2) is 41.2 Å². The Labute approximate surface area is 212 Å². The van der Waals surface area contributed by atoms with E-state index < -0.39 is 56.3 Å². The summed E-state index contributed by atoms with van der Waals surface area (Å²) in [6.45, 7) is -2.80. The number of aliphatic hydroxyl groups excluding tert-OH is 1. The number of nitriles is 1. The van der Waals surface area contributed by atoms with Crippen LogP contribution in [0.5, 0.6) is 5.75 Å². The molecule has 0 atom stereocenters. The van der Waals surface area contributed by atoms with E-state index in [4.69, 9.17) is 9.84 Å². The van der Waals surface area contributed by atoms with Crippen molar-refractivity contribution < 1.29 is 32.2 Å². The maximum absolute atomic E-state index is 13.3. The van der Waals surface area contributed by atoms with Crippen LogP contribution in [-0.2, 0) is 17.8 Å². The summed E-state index contributed by atoms with van der Waals surface area (Å²) >= 11 is 0. The van der Waals surface area contributed by atoms with Gasteiger partial charge in [-0.05, 0) is 12.1 Å². The van der Waals surface area contributed by atoms with Gasteiger partial charge >= 0.3 is 0 Å². The van der Waals surface area contributed by atoms with Gasteiger partial charge in [0.2, 0.25) is 0 Å². The maximum atomic E-state index is 13.3. The van der Waals surface area contributed by atoms with Gasteiger partial charge in [0.15, 0.2) is 5.78 Å². The molecule has 38 heavy (non-hydrogen) atoms. The van der Waals surface area contributed by atoms with Gasteiger partial charge in [0.25, 0.3) is 17.9 Å². The highest BCUT2D eigenvalue weighted by Gasteiger charge is 2.28. The minimum Gasteiger partial charge on any atom is -0.486 e. The predicted octanol–water partition coefficient (Wildman–Crippen LogP) is 3.36. The summed E-state index contributed by atoms with van der Waals surface area (Å²) in [6, 6.07) is 11.2. The summed E-state index contributed by atoms with van der Waals surface area (Å²) in [4.78, 5) is 32.7. The second-order valence-corrected chi connectivity index (χ2v) is 8.55. The fourth-order valence-corrected chi connectivity index (χ4v) is 3.88. The number of imidazole rings is 1. The lowest BCUT2D eigenvalue weighted by molar-refractivity contribution is -0.123. The van der Waals surface area contributed by atoms with Crippen LogP contribution in [-0.4, -0.2) is 56.2 Å². The Hall–Kier alpha value is -4.31. The van der Waals surface area contributed by atoms with E-state index in [1.807, 2.05) is 6.07 Å². The van der Waals surface area contributed by atoms with Gasteiger partial charge in [0.1, 0.15) is 37.4 Å². The lowest BCUT2D eigenvalue weighted by Gasteiger charge is -2.13. The zero-order valence-electron chi connectivity index (χ0n) is 19.8. The number of Topliss-reactive ketones (excluding diaryl/α,β-unsaturated/α-hetero) is 1. The SMILES string of the molecule is N#Cc1cc2[nH]c(Cc3nn(CC(=O)CCC(F)(F)CO)c(=O)c4ccccc34)nc2cc1OCC(F)F. The molecule has 0 saturated carbocycles. The number of H-pyrrole nitrogens is 1. The molecule has 2 aromatic carbocycles. The number of carbonyl (C=O) groups is 1. The Kier molecular flexibility index (Phi) is 7.72. The number of aromatic amines is 1. The van der Waals surface area contributed by atoms with Gasteiger partial charge in [-0.15, -0.1) is 0 Å². The number of aliphatic hydroxyl groups is 1. The van der Waals surface area contributed by atoms with Crippen LogP contribution in [0.3, 0.4) is 0 Å². The number of benzene rings is 2. The molecule has 0 aliphatic heterocycles. The van der Waals surface area contributed by atoms with Crippen molar-refractivity contribution in [3.8, 4) is 11.8 Å². The van der Waals surface area contributed by atoms with Crippen LogP contribution >= 0.6 is 0 Å². The molecule has 2 aromatic heterocycles. The first-order valence-corrected chi connectivity index (χ1v) is 11.4. The smallest absolute Gasteiger partial charge is 0.275 e. The first-order chi connectivity index (χ1) is 18.1. The molecular weight excluding hydrogens is 510 g/mol. The number of ether oxygens (including phenoxy) is 1. The minimum absolute atomic E-state index is 0.0377. The summed E-state index contributed by atoms with van der Waals surface area (Å²) < 4.78 is 57.7. The number of nitrogens with zero attached hydrogens (tertiary/aromatic N) is 4. The van der Waals surface area contributed by atoms with Crippen LogP contribution in [0.4, 0.5) is 17.6 Å². The van der Waals surface area contributed by atoms with Gasteiger partial charge in [-0.3, -0.25) is 9.59 Å². The average Bonchev–Trinajstić information content (AvgIpc) is 3.29. The minimum atomic E-state index is -3.40. The fourth-order valence-electron chi connectivity index (χ4n) is 3.88. The van der Waals surface area contributed by atoms with Gasteiger partial charge in [0, 0.05) is 24.3 Å². The van der Waals surface area contributed by atoms with E-state index in [0.717, 1.165) is 4.68 Å². The number of rotatable bonds is 11. The average molecular weight is 531 g/mol. The summed E-state index contributed by atoms with van der Waals surface area (Å²) in [5.74, 6) is -3.73. The molecule has 0 spiro atoms. The third-order valence-electron chi connectivity index (χ3n) is 5.72. The number of aromatic nitrogens is 4. The number of alkyl halides is 4. The molecule has 4 rings (SSSR count). The van der Waals surface area contributed by atoms with Gasteiger partial charge in [-0.1, -0.05) is 18.2 Å². The number of hydrogen-bond donors (Lipinski definition) is 2. The van der Waals surface area contributed by atoms with E-state index in [2.05, 4.69) is 15.1 Å².